The molecule has 25 nitrogen and oxygen atoms in total. The van der Waals surface area contributed by atoms with Gasteiger partial charge in [-0.05, 0) is 131 Å². The Bertz CT molecular complexity index is 3560. The number of hydrogen-bond donors (Lipinski definition) is 2. The lowest BCUT2D eigenvalue weighted by atomic mass is 9.73. The van der Waals surface area contributed by atoms with Crippen LogP contribution in [-0.4, -0.2) is 269 Å². The summed E-state index contributed by atoms with van der Waals surface area (Å²) in [4.78, 5) is 196. The van der Waals surface area contributed by atoms with Gasteiger partial charge in [0.05, 0.1) is 25.6 Å². The van der Waals surface area contributed by atoms with Crippen molar-refractivity contribution in [3.05, 3.63) is 76.9 Å². The molecule has 2 aliphatic carbocycles. The summed E-state index contributed by atoms with van der Waals surface area (Å²) in [7, 11) is 12.8. The topological polar surface area (TPSA) is 271 Å². The molecule has 5 fully saturated rings. The summed E-state index contributed by atoms with van der Waals surface area (Å²) in [6, 6.07) is -0.569. The zero-order valence-corrected chi connectivity index (χ0v) is 63.8. The average Bonchev–Trinajstić information content (AvgIpc) is 1.64. The Labute approximate surface area is 616 Å². The van der Waals surface area contributed by atoms with Crippen LogP contribution >= 0.6 is 0 Å². The molecule has 2 aromatic carbocycles. The van der Waals surface area contributed by atoms with E-state index in [0.29, 0.717) is 56.1 Å². The normalized spacial score (nSPS) is 27.6. The highest BCUT2D eigenvalue weighted by atomic mass is 19.4. The van der Waals surface area contributed by atoms with E-state index in [9.17, 15) is 32.3 Å². The standard InChI is InChI=1S/C77H111F3N12O13/c1-15-24-55-66(95)82-64(49(5)16-2)73(102)90-40-22-28-57(90)70(99)86(10)56-27-18-17-21-39-91(72(56)101)60(42-50-31-29-47(3)30-32-50)69(98)84(8)46-62(93)81-54(36-34-51-33-35-53(77(78,79)80)61(43-51)105-14)67(96)92-45-48(4)41-59(92)71(100)89(13)76(37-23-38-76)75(104)88(12)65(52-25-19-20-26-52)74(103)87(11)58(68(97)83(6)7)44-63(94)85(55)9/h17-18,29-33,35,43,48-49,52,54-60,64-65H,15-16,19-28,34,36-42,44-46H2,1-14H3,(H,81,93)(H,82,95)/b18-17-/t48-,49-,54-,55-,56-,57-,58-,59-,60-,64-,65-/m0/s1. The lowest BCUT2D eigenvalue weighted by molar-refractivity contribution is -0.166. The molecule has 2 saturated carbocycles. The lowest BCUT2D eigenvalue weighted by Gasteiger charge is -2.51. The molecule has 105 heavy (non-hydrogen) atoms. The second-order valence-electron chi connectivity index (χ2n) is 30.4. The van der Waals surface area contributed by atoms with Crippen molar-refractivity contribution in [3.8, 4) is 5.75 Å². The Morgan fingerprint density at radius 2 is 1.35 bits per heavy atom. The molecule has 1 spiro atoms. The summed E-state index contributed by atoms with van der Waals surface area (Å²) in [6.45, 7) is 8.70. The zero-order valence-electron chi connectivity index (χ0n) is 63.8. The Morgan fingerprint density at radius 1 is 0.686 bits per heavy atom. The third kappa shape index (κ3) is 18.3. The molecule has 0 aromatic heterocycles. The van der Waals surface area contributed by atoms with Crippen molar-refractivity contribution >= 4 is 70.9 Å². The molecule has 2 aromatic rings. The largest absolute Gasteiger partial charge is 0.496 e. The van der Waals surface area contributed by atoms with Crippen LogP contribution < -0.4 is 15.4 Å². The van der Waals surface area contributed by atoms with Crippen LogP contribution in [0.25, 0.3) is 0 Å². The number of fused-ring (bicyclic) bond motifs is 4. The quantitative estimate of drug-likeness (QED) is 0.245. The molecular formula is C77H111F3N12O13. The molecule has 3 saturated heterocycles. The smallest absolute Gasteiger partial charge is 0.419 e. The first-order valence-corrected chi connectivity index (χ1v) is 37.4. The number of halogens is 3. The molecular weight excluding hydrogens is 1360 g/mol. The molecule has 4 aliphatic heterocycles. The molecule has 0 unspecified atom stereocenters. The zero-order chi connectivity index (χ0) is 77.3. The van der Waals surface area contributed by atoms with Gasteiger partial charge >= 0.3 is 6.18 Å². The monoisotopic (exact) mass is 1470 g/mol. The van der Waals surface area contributed by atoms with Gasteiger partial charge in [0.2, 0.25) is 70.9 Å². The summed E-state index contributed by atoms with van der Waals surface area (Å²) >= 11 is 0. The van der Waals surface area contributed by atoms with E-state index in [4.69, 9.17) is 4.74 Å². The highest BCUT2D eigenvalue weighted by molar-refractivity contribution is 6.01. The van der Waals surface area contributed by atoms with Crippen molar-refractivity contribution in [2.45, 2.75) is 223 Å². The van der Waals surface area contributed by atoms with Gasteiger partial charge in [-0.3, -0.25) is 57.5 Å². The highest BCUT2D eigenvalue weighted by Crippen LogP contribution is 2.43. The van der Waals surface area contributed by atoms with Crippen molar-refractivity contribution in [2.75, 3.05) is 89.7 Å². The fourth-order valence-electron chi connectivity index (χ4n) is 16.2. The van der Waals surface area contributed by atoms with Crippen molar-refractivity contribution in [2.24, 2.45) is 17.8 Å². The number of rotatable bonds is 12. The van der Waals surface area contributed by atoms with E-state index in [1.54, 1.807) is 13.0 Å². The van der Waals surface area contributed by atoms with E-state index < -0.39 is 173 Å². The maximum absolute atomic E-state index is 15.7. The number of carbonyl (C=O) groups is 12. The fraction of sp³-hybridized carbons (Fsp3) is 0.662. The van der Waals surface area contributed by atoms with E-state index in [1.807, 2.05) is 58.0 Å². The number of alkyl halides is 3. The summed E-state index contributed by atoms with van der Waals surface area (Å²) in [5.41, 5.74) is -0.647. The van der Waals surface area contributed by atoms with Crippen LogP contribution in [0.3, 0.4) is 0 Å². The molecule has 12 amide bonds. The van der Waals surface area contributed by atoms with E-state index >= 15 is 38.4 Å². The second kappa shape index (κ2) is 35.2. The molecule has 2 bridgehead atoms. The van der Waals surface area contributed by atoms with E-state index in [-0.39, 0.29) is 83.3 Å². The first-order valence-electron chi connectivity index (χ1n) is 37.4. The first kappa shape index (κ1) is 82.1. The molecule has 0 radical (unpaired) electrons. The predicted molar refractivity (Wildman–Crippen MR) is 386 cm³/mol. The van der Waals surface area contributed by atoms with Crippen LogP contribution in [0, 0.1) is 24.7 Å². The average molecular weight is 1470 g/mol. The number of amides is 12. The third-order valence-electron chi connectivity index (χ3n) is 23.0. The van der Waals surface area contributed by atoms with Gasteiger partial charge in [-0.15, -0.1) is 0 Å². The molecule has 6 aliphatic rings. The summed E-state index contributed by atoms with van der Waals surface area (Å²) in [5, 5.41) is 5.79. The van der Waals surface area contributed by atoms with E-state index in [1.165, 1.54) is 113 Å². The summed E-state index contributed by atoms with van der Waals surface area (Å²) in [6.07, 6.45) is 3.40. The molecule has 4 heterocycles. The lowest BCUT2D eigenvalue weighted by Crippen LogP contribution is -2.68. The number of nitrogens with zero attached hydrogens (tertiary/aromatic N) is 10. The number of ether oxygens (including phenoxy) is 1. The Hall–Kier alpha value is -8.59. The molecule has 2 N–H and O–H groups in total. The minimum Gasteiger partial charge on any atom is -0.496 e. The summed E-state index contributed by atoms with van der Waals surface area (Å²) in [5.74, 6) is -9.32. The van der Waals surface area contributed by atoms with Crippen LogP contribution in [0.5, 0.6) is 5.75 Å². The Morgan fingerprint density at radius 3 is 1.96 bits per heavy atom. The molecule has 578 valence electrons. The summed E-state index contributed by atoms with van der Waals surface area (Å²) < 4.78 is 47.7. The number of nitrogens with one attached hydrogen (secondary N) is 2. The Balaban J connectivity index is 1.22. The van der Waals surface area contributed by atoms with Gasteiger partial charge in [0, 0.05) is 82.4 Å². The maximum atomic E-state index is 15.7. The molecule has 28 heteroatoms. The van der Waals surface area contributed by atoms with Crippen molar-refractivity contribution < 1.29 is 75.4 Å². The van der Waals surface area contributed by atoms with Gasteiger partial charge in [-0.1, -0.05) is 101 Å². The maximum Gasteiger partial charge on any atom is 0.419 e. The van der Waals surface area contributed by atoms with Crippen LogP contribution in [-0.2, 0) is 76.6 Å². The number of methoxy groups -OCH3 is 1. The third-order valence-corrected chi connectivity index (χ3v) is 23.0. The number of carbonyl (C=O) groups excluding carboxylic acids is 12. The Kier molecular flexibility index (Phi) is 27.5. The second-order valence-corrected chi connectivity index (χ2v) is 30.4. The minimum absolute atomic E-state index is 0.00737. The van der Waals surface area contributed by atoms with E-state index in [2.05, 4.69) is 10.6 Å². The van der Waals surface area contributed by atoms with Crippen LogP contribution in [0.4, 0.5) is 13.2 Å². The van der Waals surface area contributed by atoms with E-state index in [0.717, 1.165) is 36.5 Å². The van der Waals surface area contributed by atoms with Gasteiger partial charge in [0.25, 0.3) is 0 Å². The van der Waals surface area contributed by atoms with Gasteiger partial charge < -0.3 is 64.4 Å². The number of hydrogen-bond acceptors (Lipinski definition) is 13. The number of likely N-dealkylation sites (N-methyl/N-ethyl adjacent to an activating group) is 7. The van der Waals surface area contributed by atoms with Gasteiger partial charge in [0.15, 0.2) is 0 Å². The van der Waals surface area contributed by atoms with Crippen molar-refractivity contribution in [3.63, 3.8) is 0 Å². The minimum atomic E-state index is -4.77. The number of benzene rings is 2. The SMILES string of the molecule is CCC[C@H]1C(=O)N[C@@H]([C@@H](C)CC)C(=O)N2CCC[C@H]2C(=O)N(C)[C@H]2C/C=C\CCN(C2=O)[C@@H](Cc2ccc(C)cc2)C(=O)N(C)CC(=O)N[C@@H](CCc2ccc(C(F)(F)F)c(OC)c2)C(=O)N2C[C@@H](C)C[C@H]2C(=O)N(C)C2(CCC2)C(=O)N(C)[C@@H](C2CCCC2)C(=O)N(C)[C@H](C(=O)N(C)C)CC(=O)N1C. The van der Waals surface area contributed by atoms with Gasteiger partial charge in [0.1, 0.15) is 65.7 Å². The molecule has 11 atom stereocenters. The highest BCUT2D eigenvalue weighted by Gasteiger charge is 2.56. The van der Waals surface area contributed by atoms with Gasteiger partial charge in [-0.25, -0.2) is 0 Å². The molecule has 8 rings (SSSR count). The van der Waals surface area contributed by atoms with Crippen molar-refractivity contribution in [1.29, 1.82) is 0 Å². The first-order chi connectivity index (χ1) is 49.6. The van der Waals surface area contributed by atoms with Crippen LogP contribution in [0.2, 0.25) is 0 Å². The number of aryl methyl sites for hydroxylation is 2. The predicted octanol–water partition coefficient (Wildman–Crippen LogP) is 5.62. The van der Waals surface area contributed by atoms with Gasteiger partial charge in [-0.2, -0.15) is 13.2 Å². The van der Waals surface area contributed by atoms with Crippen LogP contribution in [0.1, 0.15) is 159 Å². The van der Waals surface area contributed by atoms with Crippen LogP contribution in [0.15, 0.2) is 54.6 Å². The fourth-order valence-corrected chi connectivity index (χ4v) is 16.2. The van der Waals surface area contributed by atoms with Crippen molar-refractivity contribution in [1.82, 2.24) is 59.6 Å².